The number of nitrogens with one attached hydrogen (secondary N) is 1. The molecule has 0 unspecified atom stereocenters. The van der Waals surface area contributed by atoms with Gasteiger partial charge in [0, 0.05) is 49.8 Å². The Bertz CT molecular complexity index is 1030. The molecule has 2 aromatic carbocycles. The minimum absolute atomic E-state index is 0. The Hall–Kier alpha value is -1.93. The maximum absolute atomic E-state index is 13.0. The van der Waals surface area contributed by atoms with Crippen LogP contribution in [0.5, 0.6) is 0 Å². The number of piperazine rings is 1. The second kappa shape index (κ2) is 8.61. The van der Waals surface area contributed by atoms with Gasteiger partial charge in [-0.25, -0.2) is 12.8 Å². The second-order valence-corrected chi connectivity index (χ2v) is 8.79. The summed E-state index contributed by atoms with van der Waals surface area (Å²) >= 11 is 0. The lowest BCUT2D eigenvalue weighted by atomic mass is 10.1. The molecule has 0 radical (unpaired) electrons. The summed E-state index contributed by atoms with van der Waals surface area (Å²) in [5.41, 5.74) is 2.02. The SMILES string of the molecule is Cl.O=S(=O)(c1ccc2[nH]ccc2c1)N1CCN(CCc2ccc(F)cc2)CC1. The molecule has 0 saturated carbocycles. The van der Waals surface area contributed by atoms with Gasteiger partial charge in [0.1, 0.15) is 5.82 Å². The van der Waals surface area contributed by atoms with Gasteiger partial charge in [-0.15, -0.1) is 12.4 Å². The number of aromatic amines is 1. The summed E-state index contributed by atoms with van der Waals surface area (Å²) in [7, 11) is -3.48. The van der Waals surface area contributed by atoms with E-state index in [2.05, 4.69) is 9.88 Å². The smallest absolute Gasteiger partial charge is 0.243 e. The van der Waals surface area contributed by atoms with Gasteiger partial charge in [-0.05, 0) is 48.4 Å². The molecule has 0 amide bonds. The predicted octanol–water partition coefficient (Wildman–Crippen LogP) is 3.28. The van der Waals surface area contributed by atoms with Gasteiger partial charge in [0.25, 0.3) is 0 Å². The highest BCUT2D eigenvalue weighted by molar-refractivity contribution is 7.89. The zero-order valence-electron chi connectivity index (χ0n) is 15.3. The van der Waals surface area contributed by atoms with Gasteiger partial charge >= 0.3 is 0 Å². The number of benzene rings is 2. The maximum Gasteiger partial charge on any atom is 0.243 e. The molecule has 5 nitrogen and oxygen atoms in total. The fourth-order valence-corrected chi connectivity index (χ4v) is 4.93. The number of fused-ring (bicyclic) bond motifs is 1. The summed E-state index contributed by atoms with van der Waals surface area (Å²) in [5, 5.41) is 0.897. The summed E-state index contributed by atoms with van der Waals surface area (Å²) in [6, 6.07) is 13.6. The van der Waals surface area contributed by atoms with E-state index < -0.39 is 10.0 Å². The van der Waals surface area contributed by atoms with Crippen LogP contribution in [0.3, 0.4) is 0 Å². The Morgan fingerprint density at radius 2 is 1.68 bits per heavy atom. The molecule has 0 atom stereocenters. The van der Waals surface area contributed by atoms with Crippen LogP contribution >= 0.6 is 12.4 Å². The largest absolute Gasteiger partial charge is 0.361 e. The number of rotatable bonds is 5. The van der Waals surface area contributed by atoms with Gasteiger partial charge in [0.05, 0.1) is 4.90 Å². The van der Waals surface area contributed by atoms with Crippen LogP contribution in [0.1, 0.15) is 5.56 Å². The quantitative estimate of drug-likeness (QED) is 0.685. The van der Waals surface area contributed by atoms with E-state index >= 15 is 0 Å². The van der Waals surface area contributed by atoms with Crippen LogP contribution in [-0.2, 0) is 16.4 Å². The highest BCUT2D eigenvalue weighted by Crippen LogP contribution is 2.22. The Morgan fingerprint density at radius 3 is 2.39 bits per heavy atom. The van der Waals surface area contributed by atoms with E-state index in [1.807, 2.05) is 6.07 Å². The van der Waals surface area contributed by atoms with Crippen LogP contribution in [-0.4, -0.2) is 55.3 Å². The van der Waals surface area contributed by atoms with Gasteiger partial charge in [0.2, 0.25) is 10.0 Å². The summed E-state index contributed by atoms with van der Waals surface area (Å²) in [6.45, 7) is 3.21. The molecule has 1 N–H and O–H groups in total. The maximum atomic E-state index is 13.0. The van der Waals surface area contributed by atoms with Crippen LogP contribution < -0.4 is 0 Å². The van der Waals surface area contributed by atoms with Crippen LogP contribution in [0.25, 0.3) is 10.9 Å². The van der Waals surface area contributed by atoms with Gasteiger partial charge in [-0.3, -0.25) is 0 Å². The Balaban J connectivity index is 0.00000225. The van der Waals surface area contributed by atoms with E-state index in [0.29, 0.717) is 31.1 Å². The van der Waals surface area contributed by atoms with Gasteiger partial charge in [-0.2, -0.15) is 4.31 Å². The number of aromatic nitrogens is 1. The molecular formula is C20H23ClFN3O2S. The Kier molecular flexibility index (Phi) is 6.40. The third-order valence-electron chi connectivity index (χ3n) is 5.12. The highest BCUT2D eigenvalue weighted by Gasteiger charge is 2.28. The van der Waals surface area contributed by atoms with E-state index in [1.165, 1.54) is 12.1 Å². The minimum atomic E-state index is -3.48. The van der Waals surface area contributed by atoms with Crippen LogP contribution in [0.15, 0.2) is 59.6 Å². The van der Waals surface area contributed by atoms with Crippen molar-refractivity contribution in [3.05, 3.63) is 66.1 Å². The van der Waals surface area contributed by atoms with Crippen molar-refractivity contribution in [2.75, 3.05) is 32.7 Å². The van der Waals surface area contributed by atoms with Crippen molar-refractivity contribution in [3.8, 4) is 0 Å². The summed E-state index contributed by atoms with van der Waals surface area (Å²) in [4.78, 5) is 5.67. The fraction of sp³-hybridized carbons (Fsp3) is 0.300. The lowest BCUT2D eigenvalue weighted by Gasteiger charge is -2.34. The molecule has 4 rings (SSSR count). The van der Waals surface area contributed by atoms with Crippen molar-refractivity contribution in [1.82, 2.24) is 14.2 Å². The first-order valence-corrected chi connectivity index (χ1v) is 10.5. The number of sulfonamides is 1. The molecule has 1 saturated heterocycles. The average Bonchev–Trinajstić information content (AvgIpc) is 3.16. The zero-order chi connectivity index (χ0) is 18.9. The Labute approximate surface area is 170 Å². The number of hydrogen-bond acceptors (Lipinski definition) is 3. The number of nitrogens with zero attached hydrogens (tertiary/aromatic N) is 2. The van der Waals surface area contributed by atoms with E-state index in [-0.39, 0.29) is 18.2 Å². The first-order valence-electron chi connectivity index (χ1n) is 9.06. The molecule has 150 valence electrons. The van der Waals surface area contributed by atoms with Crippen molar-refractivity contribution in [2.24, 2.45) is 0 Å². The average molecular weight is 424 g/mol. The molecule has 1 fully saturated rings. The number of hydrogen-bond donors (Lipinski definition) is 1. The summed E-state index contributed by atoms with van der Waals surface area (Å²) in [5.74, 6) is -0.226. The minimum Gasteiger partial charge on any atom is -0.361 e. The lowest BCUT2D eigenvalue weighted by molar-refractivity contribution is 0.190. The first kappa shape index (κ1) is 20.8. The highest BCUT2D eigenvalue weighted by atomic mass is 35.5. The molecular weight excluding hydrogens is 401 g/mol. The molecule has 1 aliphatic rings. The third kappa shape index (κ3) is 4.38. The molecule has 0 bridgehead atoms. The lowest BCUT2D eigenvalue weighted by Crippen LogP contribution is -2.48. The first-order chi connectivity index (χ1) is 13.0. The van der Waals surface area contributed by atoms with Crippen molar-refractivity contribution >= 4 is 33.3 Å². The zero-order valence-corrected chi connectivity index (χ0v) is 17.0. The number of halogens is 2. The monoisotopic (exact) mass is 423 g/mol. The second-order valence-electron chi connectivity index (χ2n) is 6.85. The van der Waals surface area contributed by atoms with Crippen molar-refractivity contribution in [3.63, 3.8) is 0 Å². The standard InChI is InChI=1S/C20H22FN3O2S.ClH/c21-18-3-1-16(2-4-18)8-10-23-11-13-24(14-12-23)27(25,26)19-5-6-20-17(15-19)7-9-22-20;/h1-7,9,15,22H,8,10-14H2;1H. The topological polar surface area (TPSA) is 56.4 Å². The van der Waals surface area contributed by atoms with E-state index in [1.54, 1.807) is 40.8 Å². The van der Waals surface area contributed by atoms with Crippen molar-refractivity contribution < 1.29 is 12.8 Å². The number of H-pyrrole nitrogens is 1. The molecule has 8 heteroatoms. The molecule has 0 aliphatic carbocycles. The summed E-state index contributed by atoms with van der Waals surface area (Å²) in [6.07, 6.45) is 2.64. The molecule has 0 spiro atoms. The van der Waals surface area contributed by atoms with Crippen molar-refractivity contribution in [1.29, 1.82) is 0 Å². The van der Waals surface area contributed by atoms with E-state index in [0.717, 1.165) is 29.4 Å². The Morgan fingerprint density at radius 1 is 0.964 bits per heavy atom. The van der Waals surface area contributed by atoms with Crippen LogP contribution in [0.4, 0.5) is 4.39 Å². The van der Waals surface area contributed by atoms with E-state index in [4.69, 9.17) is 0 Å². The third-order valence-corrected chi connectivity index (χ3v) is 7.02. The normalized spacial score (nSPS) is 16.2. The van der Waals surface area contributed by atoms with Gasteiger partial charge < -0.3 is 9.88 Å². The molecule has 28 heavy (non-hydrogen) atoms. The fourth-order valence-electron chi connectivity index (χ4n) is 3.47. The van der Waals surface area contributed by atoms with Crippen LogP contribution in [0, 0.1) is 5.82 Å². The van der Waals surface area contributed by atoms with Gasteiger partial charge in [-0.1, -0.05) is 12.1 Å². The molecule has 3 aromatic rings. The molecule has 1 aliphatic heterocycles. The van der Waals surface area contributed by atoms with Crippen molar-refractivity contribution in [2.45, 2.75) is 11.3 Å². The van der Waals surface area contributed by atoms with Crippen LogP contribution in [0.2, 0.25) is 0 Å². The van der Waals surface area contributed by atoms with Gasteiger partial charge in [0.15, 0.2) is 0 Å². The molecule has 1 aromatic heterocycles. The predicted molar refractivity (Wildman–Crippen MR) is 111 cm³/mol. The molecule has 2 heterocycles. The summed E-state index contributed by atoms with van der Waals surface area (Å²) < 4.78 is 40.4. The van der Waals surface area contributed by atoms with E-state index in [9.17, 15) is 12.8 Å².